The second-order valence-electron chi connectivity index (χ2n) is 3.31. The number of aliphatic hydroxyl groups is 2. The molecule has 2 unspecified atom stereocenters. The first kappa shape index (κ1) is 9.48. The second kappa shape index (κ2) is 3.87. The van der Waals surface area contributed by atoms with Gasteiger partial charge in [-0.15, -0.1) is 0 Å². The van der Waals surface area contributed by atoms with Crippen LogP contribution in [0, 0.1) is 11.8 Å². The van der Waals surface area contributed by atoms with E-state index in [1.807, 2.05) is 0 Å². The highest BCUT2D eigenvalue weighted by Crippen LogP contribution is 2.31. The molecular formula is C8H14O4. The van der Waals surface area contributed by atoms with E-state index in [1.165, 1.54) is 0 Å². The number of aliphatic carboxylic acids is 1. The predicted octanol–water partition coefficient (Wildman–Crippen LogP) is 0.188. The lowest BCUT2D eigenvalue weighted by atomic mass is 9.79. The molecular weight excluding hydrogens is 160 g/mol. The highest BCUT2D eigenvalue weighted by Gasteiger charge is 2.34. The number of hydrogen-bond acceptors (Lipinski definition) is 3. The zero-order valence-electron chi connectivity index (χ0n) is 6.81. The Bertz CT molecular complexity index is 166. The van der Waals surface area contributed by atoms with E-state index in [4.69, 9.17) is 15.3 Å². The second-order valence-corrected chi connectivity index (χ2v) is 3.31. The summed E-state index contributed by atoms with van der Waals surface area (Å²) in [7, 11) is 0. The van der Waals surface area contributed by atoms with Crippen molar-refractivity contribution in [1.29, 1.82) is 0 Å². The molecule has 3 N–H and O–H groups in total. The number of carboxylic acid groups (broad SMARTS) is 1. The molecule has 12 heavy (non-hydrogen) atoms. The van der Waals surface area contributed by atoms with Gasteiger partial charge < -0.3 is 15.3 Å². The fourth-order valence-corrected chi connectivity index (χ4v) is 1.82. The van der Waals surface area contributed by atoms with Crippen LogP contribution in [0.2, 0.25) is 0 Å². The minimum absolute atomic E-state index is 0.476. The summed E-state index contributed by atoms with van der Waals surface area (Å²) in [5, 5.41) is 26.5. The van der Waals surface area contributed by atoms with E-state index in [0.717, 1.165) is 12.8 Å². The van der Waals surface area contributed by atoms with Crippen LogP contribution in [0.5, 0.6) is 0 Å². The van der Waals surface area contributed by atoms with E-state index >= 15 is 0 Å². The molecule has 2 atom stereocenters. The van der Waals surface area contributed by atoms with Gasteiger partial charge in [-0.25, -0.2) is 0 Å². The van der Waals surface area contributed by atoms with Gasteiger partial charge in [0.05, 0.1) is 5.92 Å². The molecule has 1 fully saturated rings. The van der Waals surface area contributed by atoms with Crippen molar-refractivity contribution < 1.29 is 20.1 Å². The van der Waals surface area contributed by atoms with Crippen LogP contribution in [-0.4, -0.2) is 27.6 Å². The molecule has 0 aliphatic heterocycles. The minimum Gasteiger partial charge on any atom is -0.481 e. The van der Waals surface area contributed by atoms with Crippen LogP contribution in [0.25, 0.3) is 0 Å². The Kier molecular flexibility index (Phi) is 3.05. The molecule has 0 aromatic carbocycles. The van der Waals surface area contributed by atoms with Gasteiger partial charge in [0.15, 0.2) is 6.29 Å². The molecule has 0 saturated heterocycles. The van der Waals surface area contributed by atoms with Crippen LogP contribution in [0.3, 0.4) is 0 Å². The SMILES string of the molecule is O=C(O)C1CCCCC1C(O)O. The first-order chi connectivity index (χ1) is 5.63. The summed E-state index contributed by atoms with van der Waals surface area (Å²) in [5.41, 5.74) is 0. The molecule has 0 aromatic heterocycles. The maximum atomic E-state index is 10.6. The van der Waals surface area contributed by atoms with Gasteiger partial charge >= 0.3 is 5.97 Å². The van der Waals surface area contributed by atoms with Crippen molar-refractivity contribution in [2.45, 2.75) is 32.0 Å². The Balaban J connectivity index is 2.60. The van der Waals surface area contributed by atoms with Crippen LogP contribution in [0.4, 0.5) is 0 Å². The number of carboxylic acids is 1. The van der Waals surface area contributed by atoms with Gasteiger partial charge in [0.25, 0.3) is 0 Å². The van der Waals surface area contributed by atoms with E-state index in [9.17, 15) is 4.79 Å². The maximum Gasteiger partial charge on any atom is 0.306 e. The van der Waals surface area contributed by atoms with Gasteiger partial charge in [0, 0.05) is 5.92 Å². The quantitative estimate of drug-likeness (QED) is 0.522. The van der Waals surface area contributed by atoms with E-state index < -0.39 is 24.1 Å². The van der Waals surface area contributed by atoms with E-state index in [-0.39, 0.29) is 0 Å². The topological polar surface area (TPSA) is 77.8 Å². The van der Waals surface area contributed by atoms with Crippen LogP contribution in [-0.2, 0) is 4.79 Å². The molecule has 4 heteroatoms. The molecule has 0 spiro atoms. The van der Waals surface area contributed by atoms with Crippen molar-refractivity contribution in [2.75, 3.05) is 0 Å². The smallest absolute Gasteiger partial charge is 0.306 e. The Hall–Kier alpha value is -0.610. The van der Waals surface area contributed by atoms with E-state index in [2.05, 4.69) is 0 Å². The molecule has 1 aliphatic rings. The summed E-state index contributed by atoms with van der Waals surface area (Å²) in [6.45, 7) is 0. The summed E-state index contributed by atoms with van der Waals surface area (Å²) in [6.07, 6.45) is 1.46. The van der Waals surface area contributed by atoms with Gasteiger partial charge in [-0.2, -0.15) is 0 Å². The molecule has 1 aliphatic carbocycles. The van der Waals surface area contributed by atoms with Crippen molar-refractivity contribution in [1.82, 2.24) is 0 Å². The third-order valence-corrected chi connectivity index (χ3v) is 2.52. The molecule has 0 heterocycles. The Morgan fingerprint density at radius 2 is 1.83 bits per heavy atom. The van der Waals surface area contributed by atoms with Crippen LogP contribution < -0.4 is 0 Å². The van der Waals surface area contributed by atoms with Gasteiger partial charge in [-0.3, -0.25) is 4.79 Å². The summed E-state index contributed by atoms with van der Waals surface area (Å²) in [4.78, 5) is 10.6. The number of rotatable bonds is 2. The Labute approximate surface area is 70.8 Å². The maximum absolute atomic E-state index is 10.6. The van der Waals surface area contributed by atoms with Crippen LogP contribution in [0.1, 0.15) is 25.7 Å². The van der Waals surface area contributed by atoms with Crippen LogP contribution in [0.15, 0.2) is 0 Å². The summed E-state index contributed by atoms with van der Waals surface area (Å²) < 4.78 is 0. The van der Waals surface area contributed by atoms with Crippen molar-refractivity contribution in [3.8, 4) is 0 Å². The average Bonchev–Trinajstić information content (AvgIpc) is 2.04. The first-order valence-corrected chi connectivity index (χ1v) is 4.22. The zero-order valence-corrected chi connectivity index (χ0v) is 6.81. The van der Waals surface area contributed by atoms with Gasteiger partial charge in [0.1, 0.15) is 0 Å². The van der Waals surface area contributed by atoms with Crippen LogP contribution >= 0.6 is 0 Å². The normalized spacial score (nSPS) is 30.6. The molecule has 0 radical (unpaired) electrons. The zero-order chi connectivity index (χ0) is 9.14. The summed E-state index contributed by atoms with van der Waals surface area (Å²) in [6, 6.07) is 0. The lowest BCUT2D eigenvalue weighted by Gasteiger charge is -2.29. The average molecular weight is 174 g/mol. The molecule has 0 bridgehead atoms. The van der Waals surface area contributed by atoms with Crippen molar-refractivity contribution in [3.05, 3.63) is 0 Å². The minimum atomic E-state index is -1.48. The molecule has 0 aromatic rings. The highest BCUT2D eigenvalue weighted by atomic mass is 16.5. The van der Waals surface area contributed by atoms with Gasteiger partial charge in [-0.05, 0) is 12.8 Å². The molecule has 1 saturated carbocycles. The van der Waals surface area contributed by atoms with Gasteiger partial charge in [-0.1, -0.05) is 12.8 Å². The summed E-state index contributed by atoms with van der Waals surface area (Å²) >= 11 is 0. The molecule has 4 nitrogen and oxygen atoms in total. The third kappa shape index (κ3) is 1.95. The monoisotopic (exact) mass is 174 g/mol. The van der Waals surface area contributed by atoms with Gasteiger partial charge in [0.2, 0.25) is 0 Å². The predicted molar refractivity (Wildman–Crippen MR) is 41.3 cm³/mol. The standard InChI is InChI=1S/C8H14O4/c9-7(10)5-3-1-2-4-6(5)8(11)12/h5-7,9-10H,1-4H2,(H,11,12). The van der Waals surface area contributed by atoms with Crippen molar-refractivity contribution in [2.24, 2.45) is 11.8 Å². The largest absolute Gasteiger partial charge is 0.481 e. The highest BCUT2D eigenvalue weighted by molar-refractivity contribution is 5.70. The fraction of sp³-hybridized carbons (Fsp3) is 0.875. The molecule has 70 valence electrons. The lowest BCUT2D eigenvalue weighted by molar-refractivity contribution is -0.157. The molecule has 0 amide bonds. The fourth-order valence-electron chi connectivity index (χ4n) is 1.82. The number of aliphatic hydroxyl groups excluding tert-OH is 1. The Morgan fingerprint density at radius 3 is 2.25 bits per heavy atom. The van der Waals surface area contributed by atoms with E-state index in [1.54, 1.807) is 0 Å². The third-order valence-electron chi connectivity index (χ3n) is 2.52. The summed E-state index contributed by atoms with van der Waals surface area (Å²) in [5.74, 6) is -1.96. The lowest BCUT2D eigenvalue weighted by Crippen LogP contribution is -2.35. The first-order valence-electron chi connectivity index (χ1n) is 4.22. The number of hydrogen-bond donors (Lipinski definition) is 3. The van der Waals surface area contributed by atoms with Crippen molar-refractivity contribution in [3.63, 3.8) is 0 Å². The van der Waals surface area contributed by atoms with Crippen molar-refractivity contribution >= 4 is 5.97 Å². The number of carbonyl (C=O) groups is 1. The Morgan fingerprint density at radius 1 is 1.25 bits per heavy atom. The molecule has 1 rings (SSSR count). The van der Waals surface area contributed by atoms with E-state index in [0.29, 0.717) is 12.8 Å².